The highest BCUT2D eigenvalue weighted by Gasteiger charge is 2.61. The Bertz CT molecular complexity index is 984. The van der Waals surface area contributed by atoms with Gasteiger partial charge < -0.3 is 25.3 Å². The number of amides is 1. The highest BCUT2D eigenvalue weighted by atomic mass is 79.9. The van der Waals surface area contributed by atoms with Gasteiger partial charge in [-0.15, -0.1) is 0 Å². The first-order valence-electron chi connectivity index (χ1n) is 9.64. The van der Waals surface area contributed by atoms with Crippen LogP contribution in [0.4, 0.5) is 5.69 Å². The molecule has 1 amide bonds. The second-order valence-electron chi connectivity index (χ2n) is 6.88. The Morgan fingerprint density at radius 2 is 1.90 bits per heavy atom. The first-order chi connectivity index (χ1) is 14.3. The number of carbonyl (C=O) groups excluding carboxylic acids is 3. The van der Waals surface area contributed by atoms with Crippen molar-refractivity contribution in [3.8, 4) is 0 Å². The fraction of sp³-hybridized carbons (Fsp3) is 0.381. The average Bonchev–Trinajstić information content (AvgIpc) is 2.94. The van der Waals surface area contributed by atoms with Crippen LogP contribution in [0.15, 0.2) is 45.5 Å². The fourth-order valence-corrected chi connectivity index (χ4v) is 4.11. The number of nitrogens with two attached hydrogens (primary N) is 1. The molecule has 2 aliphatic heterocycles. The molecule has 1 spiro atoms. The van der Waals surface area contributed by atoms with Crippen molar-refractivity contribution in [1.29, 1.82) is 0 Å². The highest BCUT2D eigenvalue weighted by Crippen LogP contribution is 2.53. The molecular formula is C21H23BrN2O6. The molecule has 0 saturated heterocycles. The molecule has 9 heteroatoms. The molecule has 3 N–H and O–H groups in total. The van der Waals surface area contributed by atoms with E-state index in [4.69, 9.17) is 19.9 Å². The van der Waals surface area contributed by atoms with Gasteiger partial charge in [-0.25, -0.2) is 9.59 Å². The van der Waals surface area contributed by atoms with Crippen molar-refractivity contribution < 1.29 is 28.6 Å². The summed E-state index contributed by atoms with van der Waals surface area (Å²) in [7, 11) is 0. The third-order valence-corrected chi connectivity index (χ3v) is 5.49. The van der Waals surface area contributed by atoms with Crippen molar-refractivity contribution in [2.45, 2.75) is 39.0 Å². The summed E-state index contributed by atoms with van der Waals surface area (Å²) in [6.07, 6.45) is 1.45. The molecule has 1 aromatic carbocycles. The molecule has 0 radical (unpaired) electrons. The molecule has 0 aromatic heterocycles. The minimum atomic E-state index is -1.85. The average molecular weight is 479 g/mol. The Hall–Kier alpha value is -2.81. The van der Waals surface area contributed by atoms with E-state index in [1.165, 1.54) is 6.92 Å². The van der Waals surface area contributed by atoms with Crippen LogP contribution in [0.5, 0.6) is 0 Å². The van der Waals surface area contributed by atoms with Crippen LogP contribution in [0.1, 0.15) is 39.2 Å². The number of esters is 2. The minimum Gasteiger partial charge on any atom is -0.462 e. The number of hydrogen-bond acceptors (Lipinski definition) is 7. The third kappa shape index (κ3) is 3.36. The summed E-state index contributed by atoms with van der Waals surface area (Å²) in [5.74, 6) is -2.40. The predicted octanol–water partition coefficient (Wildman–Crippen LogP) is 3.02. The van der Waals surface area contributed by atoms with E-state index in [2.05, 4.69) is 21.2 Å². The molecule has 30 heavy (non-hydrogen) atoms. The molecule has 1 aromatic rings. The summed E-state index contributed by atoms with van der Waals surface area (Å²) in [6, 6.07) is 5.08. The zero-order chi connectivity index (χ0) is 22.1. The summed E-state index contributed by atoms with van der Waals surface area (Å²) in [5, 5.41) is 2.75. The monoisotopic (exact) mass is 478 g/mol. The molecular weight excluding hydrogens is 456 g/mol. The van der Waals surface area contributed by atoms with Crippen LogP contribution in [0, 0.1) is 0 Å². The number of ether oxygens (including phenoxy) is 3. The van der Waals surface area contributed by atoms with Crippen molar-refractivity contribution in [1.82, 2.24) is 0 Å². The largest absolute Gasteiger partial charge is 0.462 e. The number of anilines is 1. The number of nitrogens with one attached hydrogen (secondary N) is 1. The third-order valence-electron chi connectivity index (χ3n) is 5.00. The minimum absolute atomic E-state index is 0.0775. The molecule has 0 fully saturated rings. The summed E-state index contributed by atoms with van der Waals surface area (Å²) in [6.45, 7) is 5.33. The van der Waals surface area contributed by atoms with Gasteiger partial charge >= 0.3 is 11.9 Å². The molecule has 0 aliphatic carbocycles. The van der Waals surface area contributed by atoms with Crippen molar-refractivity contribution in [3.63, 3.8) is 0 Å². The number of halogens is 1. The van der Waals surface area contributed by atoms with E-state index in [9.17, 15) is 14.4 Å². The van der Waals surface area contributed by atoms with E-state index in [1.807, 2.05) is 6.92 Å². The van der Waals surface area contributed by atoms with Crippen LogP contribution in [-0.4, -0.2) is 31.1 Å². The smallest absolute Gasteiger partial charge is 0.341 e. The van der Waals surface area contributed by atoms with Gasteiger partial charge in [0.1, 0.15) is 22.3 Å². The maximum absolute atomic E-state index is 13.5. The van der Waals surface area contributed by atoms with Gasteiger partial charge in [-0.2, -0.15) is 0 Å². The lowest BCUT2D eigenvalue weighted by Gasteiger charge is -2.35. The van der Waals surface area contributed by atoms with E-state index >= 15 is 0 Å². The second kappa shape index (κ2) is 8.51. The Labute approximate surface area is 182 Å². The van der Waals surface area contributed by atoms with Crippen LogP contribution in [0.2, 0.25) is 0 Å². The molecule has 1 atom stereocenters. The second-order valence-corrected chi connectivity index (χ2v) is 7.79. The zero-order valence-electron chi connectivity index (χ0n) is 17.0. The molecule has 3 rings (SSSR count). The van der Waals surface area contributed by atoms with Crippen molar-refractivity contribution >= 4 is 39.5 Å². The summed E-state index contributed by atoms with van der Waals surface area (Å²) in [4.78, 5) is 39.5. The number of allylic oxidation sites excluding steroid dienone is 1. The number of benzene rings is 1. The van der Waals surface area contributed by atoms with Gasteiger partial charge in [0, 0.05) is 15.7 Å². The van der Waals surface area contributed by atoms with E-state index in [-0.39, 0.29) is 36.0 Å². The van der Waals surface area contributed by atoms with Gasteiger partial charge in [-0.05, 0) is 38.5 Å². The SMILES string of the molecule is CCCCOC(=O)C1=C(N)OC(C)=C(C(=O)OCC)[C@@]12C(=O)Nc1ccc(Br)cc12. The Morgan fingerprint density at radius 3 is 2.57 bits per heavy atom. The number of rotatable bonds is 6. The molecule has 2 aliphatic rings. The predicted molar refractivity (Wildman–Crippen MR) is 112 cm³/mol. The van der Waals surface area contributed by atoms with Gasteiger partial charge in [-0.1, -0.05) is 29.3 Å². The lowest BCUT2D eigenvalue weighted by molar-refractivity contribution is -0.143. The summed E-state index contributed by atoms with van der Waals surface area (Å²) in [5.41, 5.74) is 4.76. The van der Waals surface area contributed by atoms with E-state index in [0.717, 1.165) is 6.42 Å². The maximum Gasteiger partial charge on any atom is 0.341 e. The van der Waals surface area contributed by atoms with Crippen LogP contribution in [-0.2, 0) is 34.0 Å². The normalized spacial score (nSPS) is 20.1. The van der Waals surface area contributed by atoms with Crippen molar-refractivity contribution in [3.05, 3.63) is 51.0 Å². The van der Waals surface area contributed by atoms with E-state index in [0.29, 0.717) is 22.1 Å². The maximum atomic E-state index is 13.5. The molecule has 0 unspecified atom stereocenters. The molecule has 0 bridgehead atoms. The zero-order valence-corrected chi connectivity index (χ0v) is 18.6. The summed E-state index contributed by atoms with van der Waals surface area (Å²) >= 11 is 3.39. The molecule has 0 saturated carbocycles. The quantitative estimate of drug-likeness (QED) is 0.476. The summed E-state index contributed by atoms with van der Waals surface area (Å²) < 4.78 is 16.8. The van der Waals surface area contributed by atoms with Crippen molar-refractivity contribution in [2.24, 2.45) is 5.73 Å². The van der Waals surface area contributed by atoms with Crippen LogP contribution in [0.3, 0.4) is 0 Å². The van der Waals surface area contributed by atoms with Gasteiger partial charge in [-0.3, -0.25) is 4.79 Å². The lowest BCUT2D eigenvalue weighted by atomic mass is 9.67. The molecule has 160 valence electrons. The highest BCUT2D eigenvalue weighted by molar-refractivity contribution is 9.10. The Morgan fingerprint density at radius 1 is 1.20 bits per heavy atom. The van der Waals surface area contributed by atoms with Crippen molar-refractivity contribution in [2.75, 3.05) is 18.5 Å². The molecule has 2 heterocycles. The van der Waals surface area contributed by atoms with Gasteiger partial charge in [0.15, 0.2) is 0 Å². The Balaban J connectivity index is 2.29. The number of hydrogen-bond donors (Lipinski definition) is 2. The topological polar surface area (TPSA) is 117 Å². The number of unbranched alkanes of at least 4 members (excludes halogenated alkanes) is 1. The Kier molecular flexibility index (Phi) is 6.21. The van der Waals surface area contributed by atoms with Crippen LogP contribution >= 0.6 is 15.9 Å². The van der Waals surface area contributed by atoms with Crippen LogP contribution < -0.4 is 11.1 Å². The van der Waals surface area contributed by atoms with Gasteiger partial charge in [0.2, 0.25) is 11.8 Å². The number of carbonyl (C=O) groups is 3. The van der Waals surface area contributed by atoms with Crippen LogP contribution in [0.25, 0.3) is 0 Å². The standard InChI is InChI=1S/C21H23BrN2O6/c1-4-6-9-29-19(26)16-17(23)30-11(3)15(18(25)28-5-2)21(16)13-10-12(22)7-8-14(13)24-20(21)27/h7-8,10H,4-6,9,23H2,1-3H3,(H,24,27)/t21-/m1/s1. The number of fused-ring (bicyclic) bond motifs is 2. The fourth-order valence-electron chi connectivity index (χ4n) is 3.75. The lowest BCUT2D eigenvalue weighted by Crippen LogP contribution is -2.48. The first kappa shape index (κ1) is 21.9. The first-order valence-corrected chi connectivity index (χ1v) is 10.4. The van der Waals surface area contributed by atoms with E-state index in [1.54, 1.807) is 25.1 Å². The molecule has 8 nitrogen and oxygen atoms in total. The van der Waals surface area contributed by atoms with E-state index < -0.39 is 23.3 Å². The van der Waals surface area contributed by atoms with Gasteiger partial charge in [0.25, 0.3) is 0 Å². The van der Waals surface area contributed by atoms with Gasteiger partial charge in [0.05, 0.1) is 13.2 Å².